The summed E-state index contributed by atoms with van der Waals surface area (Å²) in [4.78, 5) is 6.98. The maximum Gasteiger partial charge on any atom is 0.0975 e. The topological polar surface area (TPSA) is 50.9 Å². The van der Waals surface area contributed by atoms with E-state index in [-0.39, 0.29) is 6.04 Å². The Morgan fingerprint density at radius 3 is 2.59 bits per heavy atom. The fourth-order valence-corrected chi connectivity index (χ4v) is 2.87. The number of hydrogen-bond acceptors (Lipinski definition) is 4. The summed E-state index contributed by atoms with van der Waals surface area (Å²) in [7, 11) is 0. The van der Waals surface area contributed by atoms with Gasteiger partial charge in [-0.1, -0.05) is 6.07 Å². The molecule has 2 aromatic heterocycles. The van der Waals surface area contributed by atoms with E-state index >= 15 is 0 Å². The summed E-state index contributed by atoms with van der Waals surface area (Å²) in [5, 5.41) is 0. The fraction of sp³-hybridized carbons (Fsp3) is 0.308. The first-order valence-corrected chi connectivity index (χ1v) is 6.39. The van der Waals surface area contributed by atoms with E-state index in [9.17, 15) is 0 Å². The number of aryl methyl sites for hydroxylation is 3. The van der Waals surface area contributed by atoms with E-state index in [0.717, 1.165) is 5.69 Å². The molecule has 0 aliphatic carbocycles. The van der Waals surface area contributed by atoms with Gasteiger partial charge in [0.25, 0.3) is 0 Å². The van der Waals surface area contributed by atoms with Crippen molar-refractivity contribution in [2.45, 2.75) is 26.8 Å². The summed E-state index contributed by atoms with van der Waals surface area (Å²) in [5.41, 5.74) is 6.19. The molecule has 17 heavy (non-hydrogen) atoms. The molecule has 90 valence electrons. The smallest absolute Gasteiger partial charge is 0.0975 e. The summed E-state index contributed by atoms with van der Waals surface area (Å²) in [6.07, 6.45) is 1.88. The number of nitrogens with one attached hydrogen (secondary N) is 1. The summed E-state index contributed by atoms with van der Waals surface area (Å²) in [5.74, 6) is 5.67. The SMILES string of the molecule is Cc1cnc(C(NN)c2ccc(C)s2)c(C)c1. The van der Waals surface area contributed by atoms with Crippen molar-refractivity contribution in [3.05, 3.63) is 51.0 Å². The van der Waals surface area contributed by atoms with E-state index < -0.39 is 0 Å². The number of nitrogens with zero attached hydrogens (tertiary/aromatic N) is 1. The molecule has 0 saturated heterocycles. The van der Waals surface area contributed by atoms with Gasteiger partial charge < -0.3 is 0 Å². The van der Waals surface area contributed by atoms with Gasteiger partial charge in [-0.05, 0) is 44.0 Å². The lowest BCUT2D eigenvalue weighted by molar-refractivity contribution is 0.625. The van der Waals surface area contributed by atoms with Crippen LogP contribution in [-0.4, -0.2) is 4.98 Å². The maximum atomic E-state index is 5.67. The largest absolute Gasteiger partial charge is 0.270 e. The Hall–Kier alpha value is -1.23. The Balaban J connectivity index is 2.42. The number of rotatable bonds is 3. The van der Waals surface area contributed by atoms with Crippen LogP contribution >= 0.6 is 11.3 Å². The van der Waals surface area contributed by atoms with Crippen LogP contribution in [-0.2, 0) is 0 Å². The highest BCUT2D eigenvalue weighted by Gasteiger charge is 2.17. The standard InChI is InChI=1S/C13H17N3S/c1-8-6-9(2)12(15-7-8)13(16-14)11-5-4-10(3)17-11/h4-7,13,16H,14H2,1-3H3. The van der Waals surface area contributed by atoms with Crippen LogP contribution < -0.4 is 11.3 Å². The molecule has 1 atom stereocenters. The Kier molecular flexibility index (Phi) is 3.57. The molecular weight excluding hydrogens is 230 g/mol. The molecule has 2 rings (SSSR count). The number of hydrogen-bond donors (Lipinski definition) is 2. The van der Waals surface area contributed by atoms with Crippen molar-refractivity contribution in [3.63, 3.8) is 0 Å². The molecular formula is C13H17N3S. The number of hydrazine groups is 1. The number of nitrogens with two attached hydrogens (primary N) is 1. The summed E-state index contributed by atoms with van der Waals surface area (Å²) < 4.78 is 0. The average molecular weight is 247 g/mol. The molecule has 2 heterocycles. The molecule has 0 bridgehead atoms. The van der Waals surface area contributed by atoms with E-state index in [4.69, 9.17) is 5.84 Å². The van der Waals surface area contributed by atoms with Crippen molar-refractivity contribution >= 4 is 11.3 Å². The van der Waals surface area contributed by atoms with Gasteiger partial charge in [0, 0.05) is 16.0 Å². The van der Waals surface area contributed by atoms with E-state index in [2.05, 4.69) is 42.5 Å². The summed E-state index contributed by atoms with van der Waals surface area (Å²) >= 11 is 1.75. The van der Waals surface area contributed by atoms with Gasteiger partial charge in [-0.15, -0.1) is 11.3 Å². The minimum atomic E-state index is -0.0192. The predicted octanol–water partition coefficient (Wildman–Crippen LogP) is 2.62. The van der Waals surface area contributed by atoms with Crippen LogP contribution in [0.5, 0.6) is 0 Å². The molecule has 0 aliphatic heterocycles. The Labute approximate surface area is 106 Å². The maximum absolute atomic E-state index is 5.67. The number of aromatic nitrogens is 1. The summed E-state index contributed by atoms with van der Waals surface area (Å²) in [6, 6.07) is 6.32. The van der Waals surface area contributed by atoms with Crippen molar-refractivity contribution in [1.29, 1.82) is 0 Å². The van der Waals surface area contributed by atoms with Gasteiger partial charge in [-0.2, -0.15) is 0 Å². The van der Waals surface area contributed by atoms with Crippen LogP contribution in [0.15, 0.2) is 24.4 Å². The van der Waals surface area contributed by atoms with E-state index in [0.29, 0.717) is 0 Å². The van der Waals surface area contributed by atoms with Gasteiger partial charge >= 0.3 is 0 Å². The molecule has 0 aliphatic rings. The number of thiophene rings is 1. The highest BCUT2D eigenvalue weighted by atomic mass is 32.1. The molecule has 0 amide bonds. The van der Waals surface area contributed by atoms with Crippen molar-refractivity contribution in [3.8, 4) is 0 Å². The van der Waals surface area contributed by atoms with Crippen molar-refractivity contribution in [2.75, 3.05) is 0 Å². The van der Waals surface area contributed by atoms with E-state index in [1.54, 1.807) is 11.3 Å². The minimum Gasteiger partial charge on any atom is -0.270 e. The first-order valence-electron chi connectivity index (χ1n) is 5.57. The quantitative estimate of drug-likeness (QED) is 0.647. The third kappa shape index (κ3) is 2.54. The highest BCUT2D eigenvalue weighted by molar-refractivity contribution is 7.12. The molecule has 0 radical (unpaired) electrons. The Morgan fingerprint density at radius 1 is 1.29 bits per heavy atom. The number of pyridine rings is 1. The van der Waals surface area contributed by atoms with Crippen LogP contribution in [0.3, 0.4) is 0 Å². The fourth-order valence-electron chi connectivity index (χ4n) is 1.93. The van der Waals surface area contributed by atoms with E-state index in [1.807, 2.05) is 13.1 Å². The van der Waals surface area contributed by atoms with Crippen molar-refractivity contribution in [2.24, 2.45) is 5.84 Å². The molecule has 3 N–H and O–H groups in total. The zero-order chi connectivity index (χ0) is 12.4. The zero-order valence-corrected chi connectivity index (χ0v) is 11.1. The molecule has 4 heteroatoms. The molecule has 3 nitrogen and oxygen atoms in total. The van der Waals surface area contributed by atoms with Gasteiger partial charge in [-0.25, -0.2) is 5.43 Å². The monoisotopic (exact) mass is 247 g/mol. The van der Waals surface area contributed by atoms with E-state index in [1.165, 1.54) is 20.9 Å². The normalized spacial score (nSPS) is 12.7. The first-order chi connectivity index (χ1) is 8.11. The first kappa shape index (κ1) is 12.2. The van der Waals surface area contributed by atoms with Gasteiger partial charge in [0.15, 0.2) is 0 Å². The lowest BCUT2D eigenvalue weighted by Crippen LogP contribution is -2.29. The molecule has 0 spiro atoms. The third-order valence-corrected chi connectivity index (χ3v) is 3.81. The van der Waals surface area contributed by atoms with Gasteiger partial charge in [-0.3, -0.25) is 10.8 Å². The van der Waals surface area contributed by atoms with Gasteiger partial charge in [0.05, 0.1) is 11.7 Å². The lowest BCUT2D eigenvalue weighted by atomic mass is 10.1. The predicted molar refractivity (Wildman–Crippen MR) is 71.9 cm³/mol. The van der Waals surface area contributed by atoms with Crippen molar-refractivity contribution in [1.82, 2.24) is 10.4 Å². The minimum absolute atomic E-state index is 0.0192. The van der Waals surface area contributed by atoms with Crippen LogP contribution in [0.2, 0.25) is 0 Å². The summed E-state index contributed by atoms with van der Waals surface area (Å²) in [6.45, 7) is 6.21. The Bertz CT molecular complexity index is 519. The lowest BCUT2D eigenvalue weighted by Gasteiger charge is -2.16. The highest BCUT2D eigenvalue weighted by Crippen LogP contribution is 2.28. The molecule has 1 unspecified atom stereocenters. The molecule has 0 fully saturated rings. The second-order valence-corrected chi connectivity index (χ2v) is 5.58. The zero-order valence-electron chi connectivity index (χ0n) is 10.3. The van der Waals surface area contributed by atoms with Crippen molar-refractivity contribution < 1.29 is 0 Å². The van der Waals surface area contributed by atoms with Crippen LogP contribution in [0.1, 0.15) is 32.6 Å². The second-order valence-electron chi connectivity index (χ2n) is 4.26. The second kappa shape index (κ2) is 4.96. The molecule has 0 saturated carbocycles. The molecule has 2 aromatic rings. The Morgan fingerprint density at radius 2 is 2.06 bits per heavy atom. The third-order valence-electron chi connectivity index (χ3n) is 2.74. The molecule has 0 aromatic carbocycles. The average Bonchev–Trinajstić information content (AvgIpc) is 2.69. The van der Waals surface area contributed by atoms with Crippen LogP contribution in [0, 0.1) is 20.8 Å². The van der Waals surface area contributed by atoms with Gasteiger partial charge in [0.2, 0.25) is 0 Å². The van der Waals surface area contributed by atoms with Gasteiger partial charge in [0.1, 0.15) is 0 Å². The van der Waals surface area contributed by atoms with Crippen LogP contribution in [0.4, 0.5) is 0 Å². The van der Waals surface area contributed by atoms with Crippen LogP contribution in [0.25, 0.3) is 0 Å².